The van der Waals surface area contributed by atoms with Gasteiger partial charge in [0.25, 0.3) is 0 Å². The van der Waals surface area contributed by atoms with Gasteiger partial charge < -0.3 is 15.0 Å². The Labute approximate surface area is 126 Å². The second-order valence-corrected chi connectivity index (χ2v) is 5.60. The first-order valence-corrected chi connectivity index (χ1v) is 7.68. The minimum absolute atomic E-state index is 0.198. The van der Waals surface area contributed by atoms with Gasteiger partial charge in [-0.1, -0.05) is 0 Å². The molecule has 0 radical (unpaired) electrons. The molecule has 1 N–H and O–H groups in total. The standard InChI is InChI=1S/C15H26N4O2/c1-5-21-15(20)18-8-6-14(10-18)16-7-9-19-13(4)11(2)12(3)17-19/h14,16H,5-10H2,1-4H3/t14-/m1/s1. The van der Waals surface area contributed by atoms with E-state index in [0.717, 1.165) is 38.3 Å². The van der Waals surface area contributed by atoms with Crippen molar-refractivity contribution >= 4 is 6.09 Å². The fraction of sp³-hybridized carbons (Fsp3) is 0.733. The lowest BCUT2D eigenvalue weighted by Crippen LogP contribution is -2.36. The van der Waals surface area contributed by atoms with E-state index < -0.39 is 0 Å². The molecule has 2 rings (SSSR count). The molecule has 0 aliphatic carbocycles. The summed E-state index contributed by atoms with van der Waals surface area (Å²) in [5.41, 5.74) is 3.60. The number of hydrogen-bond donors (Lipinski definition) is 1. The van der Waals surface area contributed by atoms with E-state index in [9.17, 15) is 4.79 Å². The minimum atomic E-state index is -0.198. The zero-order chi connectivity index (χ0) is 15.4. The first-order valence-electron chi connectivity index (χ1n) is 7.68. The van der Waals surface area contributed by atoms with E-state index in [1.54, 1.807) is 4.90 Å². The van der Waals surface area contributed by atoms with Crippen molar-refractivity contribution in [1.29, 1.82) is 0 Å². The summed E-state index contributed by atoms with van der Waals surface area (Å²) in [4.78, 5) is 13.4. The molecule has 6 heteroatoms. The zero-order valence-electron chi connectivity index (χ0n) is 13.5. The molecule has 1 amide bonds. The molecule has 1 atom stereocenters. The fourth-order valence-corrected chi connectivity index (χ4v) is 2.69. The van der Waals surface area contributed by atoms with Crippen LogP contribution in [0.1, 0.15) is 30.3 Å². The highest BCUT2D eigenvalue weighted by Crippen LogP contribution is 2.12. The lowest BCUT2D eigenvalue weighted by molar-refractivity contribution is 0.115. The van der Waals surface area contributed by atoms with Gasteiger partial charge in [0.05, 0.1) is 18.8 Å². The van der Waals surface area contributed by atoms with Crippen LogP contribution in [0.25, 0.3) is 0 Å². The highest BCUT2D eigenvalue weighted by molar-refractivity contribution is 5.68. The van der Waals surface area contributed by atoms with E-state index in [1.165, 1.54) is 11.3 Å². The van der Waals surface area contributed by atoms with Gasteiger partial charge in [0.1, 0.15) is 0 Å². The molecule has 2 heterocycles. The van der Waals surface area contributed by atoms with Crippen LogP contribution in [-0.2, 0) is 11.3 Å². The molecule has 1 aliphatic rings. The van der Waals surface area contributed by atoms with Crippen LogP contribution in [0.2, 0.25) is 0 Å². The van der Waals surface area contributed by atoms with Crippen molar-refractivity contribution in [3.8, 4) is 0 Å². The predicted octanol–water partition coefficient (Wildman–Crippen LogP) is 1.63. The van der Waals surface area contributed by atoms with Crippen LogP contribution in [0.4, 0.5) is 4.79 Å². The number of aryl methyl sites for hydroxylation is 1. The van der Waals surface area contributed by atoms with E-state index in [0.29, 0.717) is 12.6 Å². The number of nitrogens with one attached hydrogen (secondary N) is 1. The van der Waals surface area contributed by atoms with Crippen LogP contribution in [0.3, 0.4) is 0 Å². The largest absolute Gasteiger partial charge is 0.450 e. The summed E-state index contributed by atoms with van der Waals surface area (Å²) in [6.45, 7) is 11.7. The number of amides is 1. The average Bonchev–Trinajstić information content (AvgIpc) is 3.01. The van der Waals surface area contributed by atoms with Crippen molar-refractivity contribution in [1.82, 2.24) is 20.0 Å². The van der Waals surface area contributed by atoms with Crippen molar-refractivity contribution in [2.24, 2.45) is 0 Å². The molecule has 0 unspecified atom stereocenters. The van der Waals surface area contributed by atoms with Gasteiger partial charge in [0, 0.05) is 31.4 Å². The number of aromatic nitrogens is 2. The number of carbonyl (C=O) groups excluding carboxylic acids is 1. The second-order valence-electron chi connectivity index (χ2n) is 5.60. The van der Waals surface area contributed by atoms with Crippen molar-refractivity contribution < 1.29 is 9.53 Å². The van der Waals surface area contributed by atoms with E-state index in [1.807, 2.05) is 13.8 Å². The SMILES string of the molecule is CCOC(=O)N1CC[C@@H](NCCn2nc(C)c(C)c2C)C1. The highest BCUT2D eigenvalue weighted by Gasteiger charge is 2.26. The van der Waals surface area contributed by atoms with Gasteiger partial charge in [0.2, 0.25) is 0 Å². The maximum absolute atomic E-state index is 11.6. The number of ether oxygens (including phenoxy) is 1. The van der Waals surface area contributed by atoms with E-state index >= 15 is 0 Å². The molecule has 6 nitrogen and oxygen atoms in total. The zero-order valence-corrected chi connectivity index (χ0v) is 13.5. The first kappa shape index (κ1) is 15.8. The monoisotopic (exact) mass is 294 g/mol. The van der Waals surface area contributed by atoms with Crippen molar-refractivity contribution in [2.45, 2.75) is 46.7 Å². The summed E-state index contributed by atoms with van der Waals surface area (Å²) in [7, 11) is 0. The molecule has 21 heavy (non-hydrogen) atoms. The Bertz CT molecular complexity index is 498. The Hall–Kier alpha value is -1.56. The van der Waals surface area contributed by atoms with Crippen LogP contribution in [0.15, 0.2) is 0 Å². The van der Waals surface area contributed by atoms with Crippen LogP contribution in [0, 0.1) is 20.8 Å². The molecule has 1 aromatic heterocycles. The first-order chi connectivity index (χ1) is 10.0. The third-order valence-corrected chi connectivity index (χ3v) is 4.21. The summed E-state index contributed by atoms with van der Waals surface area (Å²) in [6, 6.07) is 0.354. The normalized spacial score (nSPS) is 18.3. The Morgan fingerprint density at radius 2 is 2.19 bits per heavy atom. The van der Waals surface area contributed by atoms with E-state index in [-0.39, 0.29) is 6.09 Å². The Morgan fingerprint density at radius 3 is 2.81 bits per heavy atom. The molecule has 0 bridgehead atoms. The molecular weight excluding hydrogens is 268 g/mol. The summed E-state index contributed by atoms with van der Waals surface area (Å²) < 4.78 is 7.08. The number of likely N-dealkylation sites (tertiary alicyclic amines) is 1. The third kappa shape index (κ3) is 3.75. The molecule has 0 aromatic carbocycles. The molecular formula is C15H26N4O2. The summed E-state index contributed by atoms with van der Waals surface area (Å²) in [5, 5.41) is 8.04. The van der Waals surface area contributed by atoms with Crippen molar-refractivity contribution in [3.05, 3.63) is 17.0 Å². The summed E-state index contributed by atoms with van der Waals surface area (Å²) >= 11 is 0. The third-order valence-electron chi connectivity index (χ3n) is 4.21. The van der Waals surface area contributed by atoms with Gasteiger partial charge in [-0.05, 0) is 39.7 Å². The van der Waals surface area contributed by atoms with Gasteiger partial charge in [-0.25, -0.2) is 4.79 Å². The number of carbonyl (C=O) groups is 1. The van der Waals surface area contributed by atoms with Crippen LogP contribution in [-0.4, -0.2) is 53.1 Å². The molecule has 118 valence electrons. The maximum atomic E-state index is 11.6. The predicted molar refractivity (Wildman–Crippen MR) is 81.4 cm³/mol. The quantitative estimate of drug-likeness (QED) is 0.896. The van der Waals surface area contributed by atoms with Gasteiger partial charge >= 0.3 is 6.09 Å². The molecule has 1 fully saturated rings. The average molecular weight is 294 g/mol. The Balaban J connectivity index is 1.75. The molecule has 0 spiro atoms. The van der Waals surface area contributed by atoms with Gasteiger partial charge in [-0.3, -0.25) is 4.68 Å². The second kappa shape index (κ2) is 6.93. The van der Waals surface area contributed by atoms with Crippen LogP contribution in [0.5, 0.6) is 0 Å². The highest BCUT2D eigenvalue weighted by atomic mass is 16.6. The number of nitrogens with zero attached hydrogens (tertiary/aromatic N) is 3. The molecule has 1 aliphatic heterocycles. The van der Waals surface area contributed by atoms with Crippen LogP contribution >= 0.6 is 0 Å². The molecule has 0 saturated carbocycles. The van der Waals surface area contributed by atoms with E-state index in [2.05, 4.69) is 28.9 Å². The molecule has 1 saturated heterocycles. The maximum Gasteiger partial charge on any atom is 0.409 e. The summed E-state index contributed by atoms with van der Waals surface area (Å²) in [5.74, 6) is 0. The molecule has 1 aromatic rings. The lowest BCUT2D eigenvalue weighted by Gasteiger charge is -2.16. The van der Waals surface area contributed by atoms with Crippen molar-refractivity contribution in [3.63, 3.8) is 0 Å². The van der Waals surface area contributed by atoms with Gasteiger partial charge in [-0.2, -0.15) is 5.10 Å². The van der Waals surface area contributed by atoms with Gasteiger partial charge in [-0.15, -0.1) is 0 Å². The number of hydrogen-bond acceptors (Lipinski definition) is 4. The number of rotatable bonds is 5. The van der Waals surface area contributed by atoms with E-state index in [4.69, 9.17) is 4.74 Å². The fourth-order valence-electron chi connectivity index (χ4n) is 2.69. The van der Waals surface area contributed by atoms with Crippen LogP contribution < -0.4 is 5.32 Å². The summed E-state index contributed by atoms with van der Waals surface area (Å²) in [6.07, 6.45) is 0.783. The Morgan fingerprint density at radius 1 is 1.43 bits per heavy atom. The topological polar surface area (TPSA) is 59.4 Å². The lowest BCUT2D eigenvalue weighted by atomic mass is 10.2. The minimum Gasteiger partial charge on any atom is -0.450 e. The Kier molecular flexibility index (Phi) is 5.22. The smallest absolute Gasteiger partial charge is 0.409 e. The van der Waals surface area contributed by atoms with Gasteiger partial charge in [0.15, 0.2) is 0 Å². The van der Waals surface area contributed by atoms with Crippen molar-refractivity contribution in [2.75, 3.05) is 26.2 Å².